The maximum atomic E-state index is 5.04. The van der Waals surface area contributed by atoms with Gasteiger partial charge in [0.2, 0.25) is 0 Å². The minimum Gasteiger partial charge on any atom is -0.314 e. The zero-order valence-corrected chi connectivity index (χ0v) is 27.2. The van der Waals surface area contributed by atoms with Crippen LogP contribution in [0.5, 0.6) is 0 Å². The number of benzene rings is 5. The summed E-state index contributed by atoms with van der Waals surface area (Å²) < 4.78 is 2.37. The van der Waals surface area contributed by atoms with Gasteiger partial charge in [0.1, 0.15) is 0 Å². The third-order valence-electron chi connectivity index (χ3n) is 9.35. The van der Waals surface area contributed by atoms with E-state index in [-0.39, 0.29) is 0 Å². The van der Waals surface area contributed by atoms with Crippen LogP contribution in [0.2, 0.25) is 0 Å². The lowest BCUT2D eigenvalue weighted by atomic mass is 10.0. The minimum absolute atomic E-state index is 0.656. The topological polar surface area (TPSA) is 46.8 Å². The molecule has 2 aliphatic rings. The predicted octanol–water partition coefficient (Wildman–Crippen LogP) is 11.1. The smallest absolute Gasteiger partial charge is 0.164 e. The summed E-state index contributed by atoms with van der Waals surface area (Å²) in [5, 5.41) is 2.44. The van der Waals surface area contributed by atoms with E-state index in [9.17, 15) is 0 Å². The van der Waals surface area contributed by atoms with E-state index >= 15 is 0 Å². The molecule has 1 aliphatic heterocycles. The predicted molar refractivity (Wildman–Crippen MR) is 203 cm³/mol. The first-order chi connectivity index (χ1) is 24.2. The Morgan fingerprint density at radius 1 is 0.592 bits per heavy atom. The van der Waals surface area contributed by atoms with E-state index in [1.807, 2.05) is 18.2 Å². The fourth-order valence-corrected chi connectivity index (χ4v) is 7.10. The van der Waals surface area contributed by atoms with Crippen molar-refractivity contribution in [3.63, 3.8) is 0 Å². The lowest BCUT2D eigenvalue weighted by molar-refractivity contribution is 1.01. The second kappa shape index (κ2) is 12.0. The van der Waals surface area contributed by atoms with Crippen LogP contribution in [-0.4, -0.2) is 19.5 Å². The molecule has 2 aromatic heterocycles. The number of anilines is 2. The number of para-hydroxylation sites is 2. The second-order valence-electron chi connectivity index (χ2n) is 12.4. The van der Waals surface area contributed by atoms with Crippen LogP contribution in [-0.2, 0) is 0 Å². The van der Waals surface area contributed by atoms with E-state index in [4.69, 9.17) is 15.0 Å². The maximum Gasteiger partial charge on any atom is 0.164 e. The van der Waals surface area contributed by atoms with Crippen LogP contribution in [0.1, 0.15) is 31.2 Å². The SMILES string of the molecule is CC1=CC=Cc2c(ccc3c2c2ccccc2n3-c2cccc(-c3nc(C4=CCCC=C4)nc(-c4ccccc4)n3)c2)N1c1ccccc1. The molecular weight excluding hydrogens is 599 g/mol. The minimum atomic E-state index is 0.656. The average Bonchev–Trinajstić information content (AvgIpc) is 3.41. The van der Waals surface area contributed by atoms with Crippen LogP contribution in [0.25, 0.3) is 61.9 Å². The van der Waals surface area contributed by atoms with Crippen molar-refractivity contribution in [3.05, 3.63) is 169 Å². The van der Waals surface area contributed by atoms with Gasteiger partial charge in [0, 0.05) is 50.1 Å². The maximum absolute atomic E-state index is 5.04. The average molecular weight is 632 g/mol. The Hall–Kier alpha value is -6.33. The Bertz CT molecular complexity index is 2500. The summed E-state index contributed by atoms with van der Waals surface area (Å²) in [6.45, 7) is 2.17. The first-order valence-corrected chi connectivity index (χ1v) is 16.8. The molecule has 1 aliphatic carbocycles. The van der Waals surface area contributed by atoms with Gasteiger partial charge in [-0.1, -0.05) is 109 Å². The van der Waals surface area contributed by atoms with Crippen LogP contribution >= 0.6 is 0 Å². The third kappa shape index (κ3) is 5.08. The van der Waals surface area contributed by atoms with Crippen molar-refractivity contribution in [1.29, 1.82) is 0 Å². The number of fused-ring (bicyclic) bond motifs is 5. The summed E-state index contributed by atoms with van der Waals surface area (Å²) in [7, 11) is 0. The van der Waals surface area contributed by atoms with Crippen molar-refractivity contribution in [3.8, 4) is 28.5 Å². The summed E-state index contributed by atoms with van der Waals surface area (Å²) in [4.78, 5) is 17.3. The highest BCUT2D eigenvalue weighted by molar-refractivity contribution is 6.15. The number of hydrogen-bond donors (Lipinski definition) is 0. The summed E-state index contributed by atoms with van der Waals surface area (Å²) >= 11 is 0. The molecule has 5 nitrogen and oxygen atoms in total. The van der Waals surface area contributed by atoms with Gasteiger partial charge >= 0.3 is 0 Å². The Morgan fingerprint density at radius 3 is 2.12 bits per heavy atom. The lowest BCUT2D eigenvalue weighted by Gasteiger charge is -2.27. The molecule has 0 radical (unpaired) electrons. The monoisotopic (exact) mass is 631 g/mol. The number of aromatic nitrogens is 4. The highest BCUT2D eigenvalue weighted by atomic mass is 15.1. The molecule has 0 fully saturated rings. The molecule has 234 valence electrons. The molecule has 0 unspecified atom stereocenters. The molecular formula is C44H33N5. The van der Waals surface area contributed by atoms with Crippen LogP contribution in [0, 0.1) is 0 Å². The van der Waals surface area contributed by atoms with E-state index in [2.05, 4.69) is 156 Å². The first-order valence-electron chi connectivity index (χ1n) is 16.8. The molecule has 0 bridgehead atoms. The van der Waals surface area contributed by atoms with Crippen LogP contribution in [0.4, 0.5) is 11.4 Å². The van der Waals surface area contributed by atoms with E-state index < -0.39 is 0 Å². The Labute approximate surface area is 285 Å². The summed E-state index contributed by atoms with van der Waals surface area (Å²) in [6.07, 6.45) is 15.2. The van der Waals surface area contributed by atoms with Gasteiger partial charge in [-0.05, 0) is 68.3 Å². The van der Waals surface area contributed by atoms with Crippen molar-refractivity contribution < 1.29 is 0 Å². The zero-order valence-electron chi connectivity index (χ0n) is 27.2. The van der Waals surface area contributed by atoms with E-state index in [0.29, 0.717) is 17.5 Å². The van der Waals surface area contributed by atoms with Crippen LogP contribution in [0.3, 0.4) is 0 Å². The standard InChI is InChI=1S/C44H33N5/c1-30-15-13-25-37-39(48(30)34-21-9-4-10-22-34)27-28-40-41(37)36-24-11-12-26-38(36)49(40)35-23-14-20-33(29-35)44-46-42(31-16-5-2-6-17-31)45-43(47-44)32-18-7-3-8-19-32/h2,4-7,9-29H,3,8H2,1H3. The van der Waals surface area contributed by atoms with Crippen molar-refractivity contribution in [2.24, 2.45) is 0 Å². The molecule has 5 aromatic carbocycles. The van der Waals surface area contributed by atoms with Gasteiger partial charge < -0.3 is 9.47 Å². The molecule has 3 heterocycles. The van der Waals surface area contributed by atoms with E-state index in [1.165, 1.54) is 22.0 Å². The molecule has 0 saturated carbocycles. The van der Waals surface area contributed by atoms with Gasteiger partial charge in [-0.25, -0.2) is 15.0 Å². The molecule has 9 rings (SSSR count). The number of hydrogen-bond acceptors (Lipinski definition) is 4. The van der Waals surface area contributed by atoms with E-state index in [0.717, 1.165) is 57.6 Å². The Morgan fingerprint density at radius 2 is 1.31 bits per heavy atom. The van der Waals surface area contributed by atoms with Gasteiger partial charge in [-0.2, -0.15) is 0 Å². The molecule has 0 saturated heterocycles. The molecule has 49 heavy (non-hydrogen) atoms. The Balaban J connectivity index is 1.23. The molecule has 5 heteroatoms. The lowest BCUT2D eigenvalue weighted by Crippen LogP contribution is -2.14. The normalized spacial score (nSPS) is 14.1. The largest absolute Gasteiger partial charge is 0.314 e. The summed E-state index contributed by atoms with van der Waals surface area (Å²) in [5.74, 6) is 2.02. The third-order valence-corrected chi connectivity index (χ3v) is 9.35. The van der Waals surface area contributed by atoms with Gasteiger partial charge in [0.25, 0.3) is 0 Å². The van der Waals surface area contributed by atoms with E-state index in [1.54, 1.807) is 0 Å². The highest BCUT2D eigenvalue weighted by Crippen LogP contribution is 2.43. The van der Waals surface area contributed by atoms with Crippen molar-refractivity contribution >= 4 is 44.8 Å². The van der Waals surface area contributed by atoms with Gasteiger partial charge in [0.15, 0.2) is 17.5 Å². The number of allylic oxidation sites excluding steroid dienone is 7. The van der Waals surface area contributed by atoms with Crippen molar-refractivity contribution in [2.75, 3.05) is 4.90 Å². The molecule has 7 aromatic rings. The van der Waals surface area contributed by atoms with Gasteiger partial charge in [-0.15, -0.1) is 0 Å². The summed E-state index contributed by atoms with van der Waals surface area (Å²) in [6, 6.07) is 42.5. The number of nitrogens with zero attached hydrogens (tertiary/aromatic N) is 5. The fourth-order valence-electron chi connectivity index (χ4n) is 7.10. The summed E-state index contributed by atoms with van der Waals surface area (Å²) in [5.41, 5.74) is 11.0. The molecule has 0 atom stereocenters. The zero-order chi connectivity index (χ0) is 32.7. The highest BCUT2D eigenvalue weighted by Gasteiger charge is 2.22. The van der Waals surface area contributed by atoms with Gasteiger partial charge in [0.05, 0.1) is 16.7 Å². The Kier molecular flexibility index (Phi) is 7.09. The molecule has 0 spiro atoms. The second-order valence-corrected chi connectivity index (χ2v) is 12.4. The first kappa shape index (κ1) is 28.9. The fraction of sp³-hybridized carbons (Fsp3) is 0.0682. The van der Waals surface area contributed by atoms with Crippen LogP contribution < -0.4 is 4.90 Å². The van der Waals surface area contributed by atoms with Crippen LogP contribution in [0.15, 0.2) is 157 Å². The quantitative estimate of drug-likeness (QED) is 0.190. The number of rotatable bonds is 5. The molecule has 0 N–H and O–H groups in total. The van der Waals surface area contributed by atoms with Gasteiger partial charge in [-0.3, -0.25) is 0 Å². The van der Waals surface area contributed by atoms with Crippen molar-refractivity contribution in [2.45, 2.75) is 19.8 Å². The van der Waals surface area contributed by atoms with Crippen molar-refractivity contribution in [1.82, 2.24) is 19.5 Å². The molecule has 0 amide bonds.